The summed E-state index contributed by atoms with van der Waals surface area (Å²) in [7, 11) is 0. The Morgan fingerprint density at radius 1 is 0.474 bits per heavy atom. The largest absolute Gasteiger partial charge is 0.317 e. The van der Waals surface area contributed by atoms with E-state index in [9.17, 15) is 0 Å². The molecule has 38 heavy (non-hydrogen) atoms. The fourth-order valence-electron chi connectivity index (χ4n) is 5.75. The van der Waals surface area contributed by atoms with E-state index >= 15 is 0 Å². The topological polar surface area (TPSA) is 22.8 Å². The lowest BCUT2D eigenvalue weighted by Crippen LogP contribution is -1.93. The Labute approximate surface area is 219 Å². The van der Waals surface area contributed by atoms with Crippen LogP contribution in [0.1, 0.15) is 0 Å². The van der Waals surface area contributed by atoms with E-state index in [1.54, 1.807) is 0 Å². The van der Waals surface area contributed by atoms with Crippen LogP contribution < -0.4 is 0 Å². The molecule has 0 saturated carbocycles. The van der Waals surface area contributed by atoms with Crippen LogP contribution in [0.25, 0.3) is 66.1 Å². The predicted molar refractivity (Wildman–Crippen MR) is 158 cm³/mol. The molecule has 5 aromatic carbocycles. The van der Waals surface area contributed by atoms with Crippen LogP contribution in [0.2, 0.25) is 0 Å². The van der Waals surface area contributed by atoms with Crippen LogP contribution in [0.5, 0.6) is 0 Å². The average Bonchev–Trinajstić information content (AvgIpc) is 3.54. The quantitative estimate of drug-likeness (QED) is 0.245. The van der Waals surface area contributed by atoms with Gasteiger partial charge in [0.1, 0.15) is 0 Å². The first-order valence-corrected chi connectivity index (χ1v) is 12.9. The highest BCUT2D eigenvalue weighted by Crippen LogP contribution is 2.36. The van der Waals surface area contributed by atoms with Crippen molar-refractivity contribution in [3.05, 3.63) is 140 Å². The highest BCUT2D eigenvalue weighted by molar-refractivity contribution is 6.15. The Kier molecular flexibility index (Phi) is 4.52. The number of aromatic nitrogens is 3. The molecule has 0 radical (unpaired) electrons. The minimum Gasteiger partial charge on any atom is -0.317 e. The van der Waals surface area contributed by atoms with Crippen LogP contribution in [0, 0.1) is 0 Å². The fraction of sp³-hybridized carbons (Fsp3) is 0. The third kappa shape index (κ3) is 3.19. The average molecular weight is 486 g/mol. The van der Waals surface area contributed by atoms with Gasteiger partial charge in [0, 0.05) is 45.5 Å². The van der Waals surface area contributed by atoms with Crippen LogP contribution in [0.4, 0.5) is 0 Å². The molecular weight excluding hydrogens is 462 g/mol. The van der Waals surface area contributed by atoms with Gasteiger partial charge in [-0.25, -0.2) is 0 Å². The molecule has 0 aliphatic carbocycles. The van der Waals surface area contributed by atoms with Crippen LogP contribution in [0.3, 0.4) is 0 Å². The van der Waals surface area contributed by atoms with Crippen LogP contribution in [-0.2, 0) is 0 Å². The Hall–Kier alpha value is -5.15. The molecule has 8 rings (SSSR count). The van der Waals surface area contributed by atoms with Gasteiger partial charge < -0.3 is 9.13 Å². The van der Waals surface area contributed by atoms with Gasteiger partial charge in [0.25, 0.3) is 0 Å². The molecule has 3 heterocycles. The predicted octanol–water partition coefficient (Wildman–Crippen LogP) is 8.94. The lowest BCUT2D eigenvalue weighted by molar-refractivity contribution is 1.13. The lowest BCUT2D eigenvalue weighted by Gasteiger charge is -2.10. The van der Waals surface area contributed by atoms with Gasteiger partial charge in [-0.1, -0.05) is 54.6 Å². The van der Waals surface area contributed by atoms with Crippen LogP contribution >= 0.6 is 0 Å². The summed E-state index contributed by atoms with van der Waals surface area (Å²) in [6.07, 6.45) is 4.00. The maximum atomic E-state index is 4.49. The highest BCUT2D eigenvalue weighted by Gasteiger charge is 2.14. The number of benzene rings is 5. The third-order valence-electron chi connectivity index (χ3n) is 7.56. The first kappa shape index (κ1) is 21.0. The molecule has 0 unspecified atom stereocenters. The van der Waals surface area contributed by atoms with E-state index in [0.29, 0.717) is 0 Å². The summed E-state index contributed by atoms with van der Waals surface area (Å²) in [4.78, 5) is 4.49. The van der Waals surface area contributed by atoms with E-state index < -0.39 is 0 Å². The second-order valence-corrected chi connectivity index (χ2v) is 9.76. The van der Waals surface area contributed by atoms with Gasteiger partial charge in [-0.05, 0) is 83.6 Å². The van der Waals surface area contributed by atoms with Gasteiger partial charge >= 0.3 is 0 Å². The van der Waals surface area contributed by atoms with Crippen molar-refractivity contribution >= 4 is 43.5 Å². The molecule has 3 aromatic heterocycles. The van der Waals surface area contributed by atoms with Crippen molar-refractivity contribution in [2.75, 3.05) is 0 Å². The first-order valence-electron chi connectivity index (χ1n) is 12.9. The molecule has 8 aromatic rings. The van der Waals surface area contributed by atoms with Crippen molar-refractivity contribution < 1.29 is 0 Å². The number of hydrogen-bond acceptors (Lipinski definition) is 1. The molecule has 178 valence electrons. The van der Waals surface area contributed by atoms with E-state index in [0.717, 1.165) is 16.9 Å². The summed E-state index contributed by atoms with van der Waals surface area (Å²) in [6.45, 7) is 0. The minimum atomic E-state index is 0.986. The Morgan fingerprint density at radius 2 is 1.24 bits per heavy atom. The standard InChI is InChI=1S/C35H23N3/c1-2-8-29(9-3-1)38-33-12-5-4-10-30(33)31-21-26-20-25-17-19-37(34(25)22-27(26)23-35(31)38)28-15-13-24(14-16-28)32-11-6-7-18-36-32/h1-23H. The summed E-state index contributed by atoms with van der Waals surface area (Å²) in [5.41, 5.74) is 8.07. The maximum Gasteiger partial charge on any atom is 0.0701 e. The van der Waals surface area contributed by atoms with Gasteiger partial charge in [0.15, 0.2) is 0 Å². The third-order valence-corrected chi connectivity index (χ3v) is 7.56. The normalized spacial score (nSPS) is 11.7. The zero-order valence-electron chi connectivity index (χ0n) is 20.6. The summed E-state index contributed by atoms with van der Waals surface area (Å²) in [5, 5.41) is 6.27. The summed E-state index contributed by atoms with van der Waals surface area (Å²) in [6, 6.07) is 45.5. The first-order chi connectivity index (χ1) is 18.8. The van der Waals surface area contributed by atoms with Crippen molar-refractivity contribution in [2.24, 2.45) is 0 Å². The molecule has 0 spiro atoms. The molecule has 0 atom stereocenters. The van der Waals surface area contributed by atoms with Gasteiger partial charge in [0.05, 0.1) is 22.2 Å². The number of hydrogen-bond donors (Lipinski definition) is 0. The highest BCUT2D eigenvalue weighted by atomic mass is 15.0. The van der Waals surface area contributed by atoms with Gasteiger partial charge in [-0.15, -0.1) is 0 Å². The zero-order chi connectivity index (χ0) is 25.1. The van der Waals surface area contributed by atoms with E-state index in [-0.39, 0.29) is 0 Å². The number of para-hydroxylation sites is 2. The minimum absolute atomic E-state index is 0.986. The van der Waals surface area contributed by atoms with E-state index in [4.69, 9.17) is 0 Å². The summed E-state index contributed by atoms with van der Waals surface area (Å²) >= 11 is 0. The van der Waals surface area contributed by atoms with Gasteiger partial charge in [-0.3, -0.25) is 4.98 Å². The number of fused-ring (bicyclic) bond motifs is 5. The zero-order valence-corrected chi connectivity index (χ0v) is 20.6. The molecule has 0 saturated heterocycles. The molecule has 3 nitrogen and oxygen atoms in total. The number of pyridine rings is 1. The van der Waals surface area contributed by atoms with E-state index in [2.05, 4.69) is 130 Å². The molecule has 0 aliphatic rings. The molecule has 0 bridgehead atoms. The maximum absolute atomic E-state index is 4.49. The SMILES string of the molecule is c1ccc(-n2c3ccccc3c3cc4cc5ccn(-c6ccc(-c7ccccn7)cc6)c5cc4cc32)cc1. The smallest absolute Gasteiger partial charge is 0.0701 e. The van der Waals surface area contributed by atoms with Gasteiger partial charge in [-0.2, -0.15) is 0 Å². The summed E-state index contributed by atoms with van der Waals surface area (Å²) < 4.78 is 4.65. The van der Waals surface area contributed by atoms with E-state index in [1.807, 2.05) is 24.4 Å². The second-order valence-electron chi connectivity index (χ2n) is 9.76. The van der Waals surface area contributed by atoms with Crippen LogP contribution in [-0.4, -0.2) is 14.1 Å². The van der Waals surface area contributed by atoms with Crippen molar-refractivity contribution in [2.45, 2.75) is 0 Å². The van der Waals surface area contributed by atoms with Crippen LogP contribution in [0.15, 0.2) is 140 Å². The molecule has 3 heteroatoms. The van der Waals surface area contributed by atoms with Crippen molar-refractivity contribution in [1.82, 2.24) is 14.1 Å². The monoisotopic (exact) mass is 485 g/mol. The van der Waals surface area contributed by atoms with Crippen molar-refractivity contribution in [3.8, 4) is 22.6 Å². The second kappa shape index (κ2) is 8.19. The Balaban J connectivity index is 1.33. The summed E-state index contributed by atoms with van der Waals surface area (Å²) in [5.74, 6) is 0. The number of rotatable bonds is 3. The van der Waals surface area contributed by atoms with Crippen molar-refractivity contribution in [3.63, 3.8) is 0 Å². The van der Waals surface area contributed by atoms with Crippen molar-refractivity contribution in [1.29, 1.82) is 0 Å². The molecule has 0 fully saturated rings. The Bertz CT molecular complexity index is 2100. The Morgan fingerprint density at radius 3 is 2.08 bits per heavy atom. The lowest BCUT2D eigenvalue weighted by atomic mass is 10.0. The molecular formula is C35H23N3. The van der Waals surface area contributed by atoms with E-state index in [1.165, 1.54) is 49.2 Å². The molecule has 0 amide bonds. The molecule has 0 N–H and O–H groups in total. The fourth-order valence-corrected chi connectivity index (χ4v) is 5.75. The van der Waals surface area contributed by atoms with Gasteiger partial charge in [0.2, 0.25) is 0 Å². The molecule has 0 aliphatic heterocycles. The number of nitrogens with zero attached hydrogens (tertiary/aromatic N) is 3.